The van der Waals surface area contributed by atoms with Gasteiger partial charge in [-0.05, 0) is 37.4 Å². The van der Waals surface area contributed by atoms with Gasteiger partial charge in [-0.3, -0.25) is 4.90 Å². The zero-order valence-electron chi connectivity index (χ0n) is 14.0. The molecule has 7 heteroatoms. The van der Waals surface area contributed by atoms with Crippen molar-refractivity contribution in [1.82, 2.24) is 9.88 Å². The predicted octanol–water partition coefficient (Wildman–Crippen LogP) is 2.95. The third-order valence-corrected chi connectivity index (χ3v) is 4.83. The molecule has 5 nitrogen and oxygen atoms in total. The fraction of sp³-hybridized carbons (Fsp3) is 0.471. The molecule has 0 radical (unpaired) electrons. The molecule has 0 spiro atoms. The molecule has 1 fully saturated rings. The number of halogens is 1. The monoisotopic (exact) mass is 369 g/mol. The molecule has 2 heterocycles. The summed E-state index contributed by atoms with van der Waals surface area (Å²) in [4.78, 5) is 8.25. The predicted molar refractivity (Wildman–Crippen MR) is 99.8 cm³/mol. The van der Waals surface area contributed by atoms with E-state index in [9.17, 15) is 0 Å². The maximum Gasteiger partial charge on any atom is 0.226 e. The van der Waals surface area contributed by atoms with E-state index >= 15 is 0 Å². The van der Waals surface area contributed by atoms with Crippen molar-refractivity contribution >= 4 is 24.2 Å². The third-order valence-electron chi connectivity index (χ3n) is 4.09. The van der Waals surface area contributed by atoms with Gasteiger partial charge in [0.05, 0.1) is 18.4 Å². The molecule has 24 heavy (non-hydrogen) atoms. The van der Waals surface area contributed by atoms with E-state index in [2.05, 4.69) is 35.4 Å². The van der Waals surface area contributed by atoms with Gasteiger partial charge in [0.15, 0.2) is 0 Å². The minimum atomic E-state index is 0. The smallest absolute Gasteiger partial charge is 0.226 e. The Balaban J connectivity index is 0.00000208. The van der Waals surface area contributed by atoms with Gasteiger partial charge in [0, 0.05) is 36.6 Å². The summed E-state index contributed by atoms with van der Waals surface area (Å²) in [6.45, 7) is 5.78. The van der Waals surface area contributed by atoms with E-state index in [1.165, 1.54) is 4.90 Å². The SMILES string of the molecule is CSc1ccc(-c2nc(CN3CCOC(CN)C3)c(C)o2)cc1.Cl. The van der Waals surface area contributed by atoms with Gasteiger partial charge in [-0.2, -0.15) is 0 Å². The number of aromatic nitrogens is 1. The second kappa shape index (κ2) is 8.87. The van der Waals surface area contributed by atoms with Crippen LogP contribution in [0.4, 0.5) is 0 Å². The Morgan fingerprint density at radius 1 is 1.33 bits per heavy atom. The highest BCUT2D eigenvalue weighted by Gasteiger charge is 2.21. The van der Waals surface area contributed by atoms with Crippen LogP contribution in [-0.2, 0) is 11.3 Å². The minimum absolute atomic E-state index is 0. The van der Waals surface area contributed by atoms with Crippen LogP contribution in [0.5, 0.6) is 0 Å². The number of thioether (sulfide) groups is 1. The van der Waals surface area contributed by atoms with Crippen LogP contribution >= 0.6 is 24.2 Å². The van der Waals surface area contributed by atoms with E-state index in [1.54, 1.807) is 11.8 Å². The molecule has 132 valence electrons. The normalized spacial score (nSPS) is 18.4. The number of benzene rings is 1. The van der Waals surface area contributed by atoms with Crippen LogP contribution in [0.15, 0.2) is 33.6 Å². The molecule has 0 aliphatic carbocycles. The Morgan fingerprint density at radius 3 is 2.75 bits per heavy atom. The number of hydrogen-bond acceptors (Lipinski definition) is 6. The van der Waals surface area contributed by atoms with Crippen molar-refractivity contribution in [2.24, 2.45) is 5.73 Å². The summed E-state index contributed by atoms with van der Waals surface area (Å²) < 4.78 is 11.5. The van der Waals surface area contributed by atoms with Crippen LogP contribution in [0.3, 0.4) is 0 Å². The van der Waals surface area contributed by atoms with Crippen molar-refractivity contribution < 1.29 is 9.15 Å². The van der Waals surface area contributed by atoms with Crippen LogP contribution in [0.25, 0.3) is 11.5 Å². The highest BCUT2D eigenvalue weighted by atomic mass is 35.5. The van der Waals surface area contributed by atoms with Gasteiger partial charge >= 0.3 is 0 Å². The molecule has 1 aromatic carbocycles. The van der Waals surface area contributed by atoms with Crippen LogP contribution < -0.4 is 5.73 Å². The molecule has 0 bridgehead atoms. The molecule has 1 aliphatic heterocycles. The number of oxazole rings is 1. The molecule has 3 rings (SSSR count). The number of rotatable bonds is 5. The molecular weight excluding hydrogens is 346 g/mol. The van der Waals surface area contributed by atoms with E-state index < -0.39 is 0 Å². The van der Waals surface area contributed by atoms with E-state index in [-0.39, 0.29) is 18.5 Å². The topological polar surface area (TPSA) is 64.5 Å². The molecule has 1 unspecified atom stereocenters. The lowest BCUT2D eigenvalue weighted by Crippen LogP contribution is -2.45. The minimum Gasteiger partial charge on any atom is -0.441 e. The molecule has 1 atom stereocenters. The fourth-order valence-corrected chi connectivity index (χ4v) is 3.12. The van der Waals surface area contributed by atoms with Gasteiger partial charge in [0.25, 0.3) is 0 Å². The average molecular weight is 370 g/mol. The molecule has 2 aromatic rings. The van der Waals surface area contributed by atoms with E-state index in [1.807, 2.05) is 6.92 Å². The van der Waals surface area contributed by atoms with Crippen molar-refractivity contribution in [3.05, 3.63) is 35.7 Å². The van der Waals surface area contributed by atoms with Crippen LogP contribution in [-0.4, -0.2) is 48.5 Å². The first-order valence-corrected chi connectivity index (χ1v) is 9.07. The number of aryl methyl sites for hydroxylation is 1. The lowest BCUT2D eigenvalue weighted by Gasteiger charge is -2.31. The van der Waals surface area contributed by atoms with Gasteiger partial charge in [-0.25, -0.2) is 4.98 Å². The molecule has 1 aliphatic rings. The quantitative estimate of drug-likeness (QED) is 0.817. The van der Waals surface area contributed by atoms with Gasteiger partial charge in [-0.15, -0.1) is 24.2 Å². The Labute approximate surface area is 153 Å². The van der Waals surface area contributed by atoms with Gasteiger partial charge < -0.3 is 14.9 Å². The number of nitrogens with zero attached hydrogens (tertiary/aromatic N) is 2. The first-order valence-electron chi connectivity index (χ1n) is 7.84. The van der Waals surface area contributed by atoms with Crippen molar-refractivity contribution in [3.8, 4) is 11.5 Å². The highest BCUT2D eigenvalue weighted by Crippen LogP contribution is 2.25. The van der Waals surface area contributed by atoms with Crippen molar-refractivity contribution in [2.75, 3.05) is 32.5 Å². The second-order valence-electron chi connectivity index (χ2n) is 5.71. The summed E-state index contributed by atoms with van der Waals surface area (Å²) in [6.07, 6.45) is 2.19. The Bertz CT molecular complexity index is 648. The van der Waals surface area contributed by atoms with Gasteiger partial charge in [-0.1, -0.05) is 0 Å². The summed E-state index contributed by atoms with van der Waals surface area (Å²) >= 11 is 1.73. The van der Waals surface area contributed by atoms with E-state index in [0.29, 0.717) is 12.4 Å². The molecule has 2 N–H and O–H groups in total. The number of hydrogen-bond donors (Lipinski definition) is 1. The average Bonchev–Trinajstić information content (AvgIpc) is 2.96. The van der Waals surface area contributed by atoms with E-state index in [0.717, 1.165) is 43.3 Å². The zero-order chi connectivity index (χ0) is 16.2. The number of nitrogens with two attached hydrogens (primary N) is 1. The summed E-state index contributed by atoms with van der Waals surface area (Å²) in [7, 11) is 0. The Kier molecular flexibility index (Phi) is 7.13. The maximum absolute atomic E-state index is 5.87. The lowest BCUT2D eigenvalue weighted by atomic mass is 10.2. The standard InChI is InChI=1S/C17H23N3O2S.ClH/c1-12-16(11-20-7-8-21-14(9-18)10-20)19-17(22-12)13-3-5-15(23-2)6-4-13;/h3-6,14H,7-11,18H2,1-2H3;1H. The first kappa shape index (κ1) is 19.3. The van der Waals surface area contributed by atoms with Gasteiger partial charge in [0.1, 0.15) is 5.76 Å². The summed E-state index contributed by atoms with van der Waals surface area (Å²) in [6, 6.07) is 8.29. The largest absolute Gasteiger partial charge is 0.441 e. The van der Waals surface area contributed by atoms with Crippen LogP contribution in [0.2, 0.25) is 0 Å². The first-order chi connectivity index (χ1) is 11.2. The van der Waals surface area contributed by atoms with Crippen molar-refractivity contribution in [3.63, 3.8) is 0 Å². The zero-order valence-corrected chi connectivity index (χ0v) is 15.7. The summed E-state index contributed by atoms with van der Waals surface area (Å²) in [5.41, 5.74) is 7.71. The van der Waals surface area contributed by atoms with Crippen molar-refractivity contribution in [2.45, 2.75) is 24.5 Å². The lowest BCUT2D eigenvalue weighted by molar-refractivity contribution is -0.0264. The number of morpholine rings is 1. The molecular formula is C17H24ClN3O2S. The molecule has 0 amide bonds. The number of ether oxygens (including phenoxy) is 1. The molecule has 1 aromatic heterocycles. The summed E-state index contributed by atoms with van der Waals surface area (Å²) in [5, 5.41) is 0. The molecule has 1 saturated heterocycles. The summed E-state index contributed by atoms with van der Waals surface area (Å²) in [5.74, 6) is 1.57. The van der Waals surface area contributed by atoms with Crippen LogP contribution in [0, 0.1) is 6.92 Å². The Hall–Kier alpha value is -1.05. The fourth-order valence-electron chi connectivity index (χ4n) is 2.71. The third kappa shape index (κ3) is 4.52. The van der Waals surface area contributed by atoms with Gasteiger partial charge in [0.2, 0.25) is 5.89 Å². The second-order valence-corrected chi connectivity index (χ2v) is 6.59. The van der Waals surface area contributed by atoms with E-state index in [4.69, 9.17) is 19.9 Å². The van der Waals surface area contributed by atoms with Crippen LogP contribution in [0.1, 0.15) is 11.5 Å². The van der Waals surface area contributed by atoms with Crippen molar-refractivity contribution in [1.29, 1.82) is 0 Å². The highest BCUT2D eigenvalue weighted by molar-refractivity contribution is 7.98. The Morgan fingerprint density at radius 2 is 2.08 bits per heavy atom. The maximum atomic E-state index is 5.87. The molecule has 0 saturated carbocycles.